The largest absolute Gasteiger partial charge is 0.480 e. The quantitative estimate of drug-likeness (QED) is 0.470. The van der Waals surface area contributed by atoms with Gasteiger partial charge in [-0.3, -0.25) is 9.59 Å². The van der Waals surface area contributed by atoms with Crippen LogP contribution < -0.4 is 16.0 Å². The maximum absolute atomic E-state index is 12.0. The molecule has 1 rings (SSSR count). The van der Waals surface area contributed by atoms with Crippen molar-refractivity contribution in [3.05, 3.63) is 28.7 Å². The highest BCUT2D eigenvalue weighted by Crippen LogP contribution is 2.14. The Morgan fingerprint density at radius 1 is 1.20 bits per heavy atom. The smallest absolute Gasteiger partial charge is 0.322 e. The molecule has 0 heterocycles. The van der Waals surface area contributed by atoms with Gasteiger partial charge in [0, 0.05) is 16.4 Å². The number of amides is 3. The van der Waals surface area contributed by atoms with Crippen molar-refractivity contribution < 1.29 is 27.9 Å². The predicted molar refractivity (Wildman–Crippen MR) is 95.1 cm³/mol. The van der Waals surface area contributed by atoms with E-state index >= 15 is 0 Å². The second-order valence-electron chi connectivity index (χ2n) is 5.19. The lowest BCUT2D eigenvalue weighted by Crippen LogP contribution is -2.49. The number of hydrogen-bond donors (Lipinski definition) is 4. The topological polar surface area (TPSA) is 142 Å². The number of hydrogen-bond acceptors (Lipinski definition) is 5. The number of anilines is 1. The SMILES string of the molecule is CS(=O)(=O)CC[C@H](NC(=O)Nc1ccc(Br)cc1)C(=O)NCC(=O)O. The van der Waals surface area contributed by atoms with Crippen molar-refractivity contribution in [2.24, 2.45) is 0 Å². The third kappa shape index (κ3) is 9.05. The average molecular weight is 436 g/mol. The molecule has 1 atom stereocenters. The van der Waals surface area contributed by atoms with E-state index in [-0.39, 0.29) is 12.2 Å². The number of halogens is 1. The highest BCUT2D eigenvalue weighted by atomic mass is 79.9. The maximum atomic E-state index is 12.0. The summed E-state index contributed by atoms with van der Waals surface area (Å²) in [5.74, 6) is -2.37. The lowest BCUT2D eigenvalue weighted by Gasteiger charge is -2.18. The van der Waals surface area contributed by atoms with Gasteiger partial charge in [0.1, 0.15) is 22.4 Å². The lowest BCUT2D eigenvalue weighted by molar-refractivity contribution is -0.138. The minimum Gasteiger partial charge on any atom is -0.480 e. The van der Waals surface area contributed by atoms with E-state index in [2.05, 4.69) is 31.9 Å². The Bertz CT molecular complexity index is 735. The number of carboxylic acids is 1. The van der Waals surface area contributed by atoms with Crippen molar-refractivity contribution >= 4 is 49.4 Å². The molecule has 9 nitrogen and oxygen atoms in total. The van der Waals surface area contributed by atoms with Gasteiger partial charge >= 0.3 is 12.0 Å². The second kappa shape index (κ2) is 9.37. The summed E-state index contributed by atoms with van der Waals surface area (Å²) in [5, 5.41) is 15.5. The van der Waals surface area contributed by atoms with Crippen LogP contribution >= 0.6 is 15.9 Å². The zero-order chi connectivity index (χ0) is 19.0. The Labute approximate surface area is 153 Å². The molecular formula is C14H18BrN3O6S. The molecule has 0 aliphatic carbocycles. The first-order chi connectivity index (χ1) is 11.6. The van der Waals surface area contributed by atoms with Gasteiger partial charge in [-0.2, -0.15) is 0 Å². The van der Waals surface area contributed by atoms with E-state index in [9.17, 15) is 22.8 Å². The Balaban J connectivity index is 2.72. The van der Waals surface area contributed by atoms with Crippen LogP contribution in [0.15, 0.2) is 28.7 Å². The van der Waals surface area contributed by atoms with Crippen molar-refractivity contribution in [1.82, 2.24) is 10.6 Å². The zero-order valence-electron chi connectivity index (χ0n) is 13.3. The number of aliphatic carboxylic acids is 1. The van der Waals surface area contributed by atoms with Crippen molar-refractivity contribution in [2.45, 2.75) is 12.5 Å². The van der Waals surface area contributed by atoms with Crippen LogP contribution in [-0.2, 0) is 19.4 Å². The van der Waals surface area contributed by atoms with E-state index < -0.39 is 40.3 Å². The molecule has 11 heteroatoms. The fraction of sp³-hybridized carbons (Fsp3) is 0.357. The summed E-state index contributed by atoms with van der Waals surface area (Å²) < 4.78 is 23.4. The molecule has 1 aromatic carbocycles. The van der Waals surface area contributed by atoms with Gasteiger partial charge < -0.3 is 21.1 Å². The second-order valence-corrected chi connectivity index (χ2v) is 8.36. The molecular weight excluding hydrogens is 418 g/mol. The fourth-order valence-corrected chi connectivity index (χ4v) is 2.67. The highest BCUT2D eigenvalue weighted by Gasteiger charge is 2.22. The molecule has 138 valence electrons. The van der Waals surface area contributed by atoms with E-state index in [0.29, 0.717) is 5.69 Å². The summed E-state index contributed by atoms with van der Waals surface area (Å²) in [6, 6.07) is 4.75. The van der Waals surface area contributed by atoms with Crippen molar-refractivity contribution in [3.63, 3.8) is 0 Å². The first kappa shape index (κ1) is 20.9. The molecule has 0 saturated carbocycles. The third-order valence-electron chi connectivity index (χ3n) is 2.92. The Morgan fingerprint density at radius 3 is 2.32 bits per heavy atom. The first-order valence-corrected chi connectivity index (χ1v) is 9.92. The lowest BCUT2D eigenvalue weighted by atomic mass is 10.2. The Morgan fingerprint density at radius 2 is 1.80 bits per heavy atom. The monoisotopic (exact) mass is 435 g/mol. The van der Waals surface area contributed by atoms with Crippen molar-refractivity contribution in [3.8, 4) is 0 Å². The van der Waals surface area contributed by atoms with Crippen LogP contribution in [0, 0.1) is 0 Å². The number of carbonyl (C=O) groups is 3. The molecule has 0 aromatic heterocycles. The number of rotatable bonds is 8. The number of urea groups is 1. The molecule has 4 N–H and O–H groups in total. The number of sulfone groups is 1. The highest BCUT2D eigenvalue weighted by molar-refractivity contribution is 9.10. The van der Waals surface area contributed by atoms with Gasteiger partial charge in [-0.05, 0) is 30.7 Å². The molecule has 1 aromatic rings. The molecule has 0 saturated heterocycles. The summed E-state index contributed by atoms with van der Waals surface area (Å²) in [7, 11) is -3.36. The molecule has 0 aliphatic rings. The van der Waals surface area contributed by atoms with Crippen LogP contribution in [-0.4, -0.2) is 56.0 Å². The summed E-state index contributed by atoms with van der Waals surface area (Å²) in [5.41, 5.74) is 0.466. The van der Waals surface area contributed by atoms with Gasteiger partial charge in [0.25, 0.3) is 0 Å². The summed E-state index contributed by atoms with van der Waals surface area (Å²) >= 11 is 3.25. The van der Waals surface area contributed by atoms with E-state index in [4.69, 9.17) is 5.11 Å². The van der Waals surface area contributed by atoms with E-state index in [1.807, 2.05) is 0 Å². The fourth-order valence-electron chi connectivity index (χ4n) is 1.75. The van der Waals surface area contributed by atoms with E-state index in [1.54, 1.807) is 24.3 Å². The zero-order valence-corrected chi connectivity index (χ0v) is 15.7. The van der Waals surface area contributed by atoms with Gasteiger partial charge in [0.05, 0.1) is 5.75 Å². The normalized spacial score (nSPS) is 12.1. The molecule has 0 aliphatic heterocycles. The Hall–Kier alpha value is -2.14. The Kier molecular flexibility index (Phi) is 7.84. The third-order valence-corrected chi connectivity index (χ3v) is 4.42. The predicted octanol–water partition coefficient (Wildman–Crippen LogP) is 0.575. The van der Waals surface area contributed by atoms with Gasteiger partial charge in [0.2, 0.25) is 5.91 Å². The molecule has 0 bridgehead atoms. The molecule has 0 unspecified atom stereocenters. The minimum atomic E-state index is -3.36. The summed E-state index contributed by atoms with van der Waals surface area (Å²) in [6.07, 6.45) is 0.819. The standard InChI is InChI=1S/C14H18BrN3O6S/c1-25(23,24)7-6-11(13(21)16-8-12(19)20)18-14(22)17-10-4-2-9(15)3-5-10/h2-5,11H,6-8H2,1H3,(H,16,21)(H,19,20)(H2,17,18,22)/t11-/m0/s1. The molecule has 0 spiro atoms. The summed E-state index contributed by atoms with van der Waals surface area (Å²) in [4.78, 5) is 34.5. The average Bonchev–Trinajstić information content (AvgIpc) is 2.50. The van der Waals surface area contributed by atoms with Crippen LogP contribution in [0.5, 0.6) is 0 Å². The maximum Gasteiger partial charge on any atom is 0.322 e. The van der Waals surface area contributed by atoms with Crippen LogP contribution in [0.2, 0.25) is 0 Å². The summed E-state index contributed by atoms with van der Waals surface area (Å²) in [6.45, 7) is -0.635. The van der Waals surface area contributed by atoms with E-state index in [1.165, 1.54) is 0 Å². The number of benzene rings is 1. The van der Waals surface area contributed by atoms with Crippen molar-refractivity contribution in [1.29, 1.82) is 0 Å². The van der Waals surface area contributed by atoms with Gasteiger partial charge in [-0.15, -0.1) is 0 Å². The number of carbonyl (C=O) groups excluding carboxylic acids is 2. The van der Waals surface area contributed by atoms with Crippen LogP contribution in [0.4, 0.5) is 10.5 Å². The first-order valence-electron chi connectivity index (χ1n) is 7.07. The number of carboxylic acid groups (broad SMARTS) is 1. The van der Waals surface area contributed by atoms with Gasteiger partial charge in [-0.1, -0.05) is 15.9 Å². The van der Waals surface area contributed by atoms with Crippen LogP contribution in [0.25, 0.3) is 0 Å². The van der Waals surface area contributed by atoms with Crippen LogP contribution in [0.3, 0.4) is 0 Å². The van der Waals surface area contributed by atoms with Crippen molar-refractivity contribution in [2.75, 3.05) is 23.9 Å². The van der Waals surface area contributed by atoms with Crippen LogP contribution in [0.1, 0.15) is 6.42 Å². The minimum absolute atomic E-state index is 0.182. The molecule has 0 radical (unpaired) electrons. The van der Waals surface area contributed by atoms with Gasteiger partial charge in [-0.25, -0.2) is 13.2 Å². The molecule has 0 fully saturated rings. The van der Waals surface area contributed by atoms with Gasteiger partial charge in [0.15, 0.2) is 0 Å². The number of nitrogens with one attached hydrogen (secondary N) is 3. The molecule has 25 heavy (non-hydrogen) atoms. The van der Waals surface area contributed by atoms with E-state index in [0.717, 1.165) is 10.7 Å². The molecule has 3 amide bonds.